The minimum Gasteiger partial charge on any atom is -0.481 e. The first-order chi connectivity index (χ1) is 7.91. The smallest absolute Gasteiger partial charge is 0.321 e. The van der Waals surface area contributed by atoms with Gasteiger partial charge in [0.1, 0.15) is 11.9 Å². The van der Waals surface area contributed by atoms with Gasteiger partial charge in [-0.3, -0.25) is 9.59 Å². The Labute approximate surface area is 96.7 Å². The van der Waals surface area contributed by atoms with Crippen LogP contribution >= 0.6 is 0 Å². The molecule has 4 N–H and O–H groups in total. The second kappa shape index (κ2) is 5.40. The van der Waals surface area contributed by atoms with E-state index in [4.69, 9.17) is 15.9 Å². The van der Waals surface area contributed by atoms with Crippen LogP contribution in [0.15, 0.2) is 24.3 Å². The molecule has 0 amide bonds. The molecule has 1 rings (SSSR count). The molecule has 0 bridgehead atoms. The largest absolute Gasteiger partial charge is 0.481 e. The molecule has 0 aromatic heterocycles. The maximum atomic E-state index is 12.9. The van der Waals surface area contributed by atoms with E-state index in [1.807, 2.05) is 0 Å². The summed E-state index contributed by atoms with van der Waals surface area (Å²) < 4.78 is 12.9. The number of carboxylic acids is 2. The summed E-state index contributed by atoms with van der Waals surface area (Å²) in [4.78, 5) is 21.5. The van der Waals surface area contributed by atoms with E-state index < -0.39 is 29.7 Å². The van der Waals surface area contributed by atoms with Gasteiger partial charge in [0.15, 0.2) is 0 Å². The van der Waals surface area contributed by atoms with Crippen LogP contribution in [0.1, 0.15) is 5.56 Å². The molecule has 1 aromatic rings. The van der Waals surface area contributed by atoms with Crippen LogP contribution in [0.2, 0.25) is 0 Å². The molecule has 92 valence electrons. The van der Waals surface area contributed by atoms with E-state index in [1.54, 1.807) is 0 Å². The van der Waals surface area contributed by atoms with Crippen LogP contribution in [-0.4, -0.2) is 28.2 Å². The Morgan fingerprint density at radius 3 is 2.41 bits per heavy atom. The molecule has 0 aliphatic heterocycles. The van der Waals surface area contributed by atoms with Crippen LogP contribution in [0, 0.1) is 11.7 Å². The van der Waals surface area contributed by atoms with Crippen molar-refractivity contribution >= 4 is 11.9 Å². The van der Waals surface area contributed by atoms with Gasteiger partial charge in [-0.15, -0.1) is 0 Å². The van der Waals surface area contributed by atoms with Gasteiger partial charge < -0.3 is 15.9 Å². The van der Waals surface area contributed by atoms with E-state index in [0.717, 1.165) is 6.07 Å². The second-order valence-corrected chi connectivity index (χ2v) is 3.64. The number of hydrogen-bond acceptors (Lipinski definition) is 3. The van der Waals surface area contributed by atoms with E-state index in [1.165, 1.54) is 18.2 Å². The number of carbonyl (C=O) groups is 2. The van der Waals surface area contributed by atoms with Gasteiger partial charge in [-0.05, 0) is 24.1 Å². The molecular formula is C11H12FNO4. The first-order valence-corrected chi connectivity index (χ1v) is 4.87. The molecule has 6 heteroatoms. The first kappa shape index (κ1) is 13.1. The molecule has 0 radical (unpaired) electrons. The number of carboxylic acid groups (broad SMARTS) is 2. The van der Waals surface area contributed by atoms with Crippen LogP contribution in [0.4, 0.5) is 4.39 Å². The maximum Gasteiger partial charge on any atom is 0.321 e. The lowest BCUT2D eigenvalue weighted by molar-refractivity contribution is -0.149. The lowest BCUT2D eigenvalue weighted by Crippen LogP contribution is -2.43. The molecule has 2 atom stereocenters. The van der Waals surface area contributed by atoms with Crippen LogP contribution < -0.4 is 5.73 Å². The average Bonchev–Trinajstić information content (AvgIpc) is 2.24. The Bertz CT molecular complexity index is 435. The standard InChI is InChI=1S/C11H12FNO4/c12-7-3-1-2-6(4-7)5-8(10(14)15)9(13)11(16)17/h1-4,8-9H,5,13H2,(H,14,15)(H,16,17)/t8?,9-/m0/s1. The quantitative estimate of drug-likeness (QED) is 0.696. The van der Waals surface area contributed by atoms with Crippen LogP contribution in [0.5, 0.6) is 0 Å². The minimum atomic E-state index is -1.52. The van der Waals surface area contributed by atoms with Crippen molar-refractivity contribution in [1.29, 1.82) is 0 Å². The van der Waals surface area contributed by atoms with Crippen molar-refractivity contribution in [3.63, 3.8) is 0 Å². The molecule has 0 fully saturated rings. The van der Waals surface area contributed by atoms with Crippen molar-refractivity contribution in [2.24, 2.45) is 11.7 Å². The Morgan fingerprint density at radius 2 is 1.94 bits per heavy atom. The Hall–Kier alpha value is -1.95. The molecular weight excluding hydrogens is 229 g/mol. The second-order valence-electron chi connectivity index (χ2n) is 3.64. The summed E-state index contributed by atoms with van der Waals surface area (Å²) in [7, 11) is 0. The number of nitrogens with two attached hydrogens (primary N) is 1. The Balaban J connectivity index is 2.88. The van der Waals surface area contributed by atoms with Gasteiger partial charge in [-0.25, -0.2) is 4.39 Å². The summed E-state index contributed by atoms with van der Waals surface area (Å²) in [6.45, 7) is 0. The highest BCUT2D eigenvalue weighted by Gasteiger charge is 2.30. The molecule has 0 aliphatic carbocycles. The fraction of sp³-hybridized carbons (Fsp3) is 0.273. The summed E-state index contributed by atoms with van der Waals surface area (Å²) in [5.41, 5.74) is 5.67. The lowest BCUT2D eigenvalue weighted by Gasteiger charge is -2.16. The number of benzene rings is 1. The molecule has 0 heterocycles. The summed E-state index contributed by atoms with van der Waals surface area (Å²) in [5, 5.41) is 17.6. The fourth-order valence-corrected chi connectivity index (χ4v) is 1.46. The predicted molar refractivity (Wildman–Crippen MR) is 56.8 cm³/mol. The first-order valence-electron chi connectivity index (χ1n) is 4.87. The van der Waals surface area contributed by atoms with E-state index in [-0.39, 0.29) is 6.42 Å². The summed E-state index contributed by atoms with van der Waals surface area (Å²) in [6, 6.07) is 3.81. The van der Waals surface area contributed by atoms with Gasteiger partial charge in [-0.2, -0.15) is 0 Å². The summed E-state index contributed by atoms with van der Waals surface area (Å²) >= 11 is 0. The SMILES string of the molecule is N[C@H](C(=O)O)C(Cc1cccc(F)c1)C(=O)O. The van der Waals surface area contributed by atoms with E-state index in [0.29, 0.717) is 5.56 Å². The lowest BCUT2D eigenvalue weighted by atomic mass is 9.93. The van der Waals surface area contributed by atoms with Crippen molar-refractivity contribution in [3.05, 3.63) is 35.6 Å². The van der Waals surface area contributed by atoms with Crippen molar-refractivity contribution in [2.75, 3.05) is 0 Å². The van der Waals surface area contributed by atoms with E-state index in [9.17, 15) is 14.0 Å². The Morgan fingerprint density at radius 1 is 1.29 bits per heavy atom. The maximum absolute atomic E-state index is 12.9. The van der Waals surface area contributed by atoms with Gasteiger partial charge in [-0.1, -0.05) is 12.1 Å². The van der Waals surface area contributed by atoms with Gasteiger partial charge in [0.05, 0.1) is 5.92 Å². The van der Waals surface area contributed by atoms with Gasteiger partial charge in [0.25, 0.3) is 0 Å². The number of hydrogen-bond donors (Lipinski definition) is 3. The van der Waals surface area contributed by atoms with Crippen molar-refractivity contribution in [3.8, 4) is 0 Å². The van der Waals surface area contributed by atoms with Gasteiger partial charge in [0, 0.05) is 0 Å². The fourth-order valence-electron chi connectivity index (χ4n) is 1.46. The zero-order valence-corrected chi connectivity index (χ0v) is 8.84. The monoisotopic (exact) mass is 241 g/mol. The molecule has 5 nitrogen and oxygen atoms in total. The molecule has 0 saturated heterocycles. The molecule has 0 spiro atoms. The van der Waals surface area contributed by atoms with Crippen molar-refractivity contribution in [2.45, 2.75) is 12.5 Å². The molecule has 1 unspecified atom stereocenters. The minimum absolute atomic E-state index is 0.124. The van der Waals surface area contributed by atoms with E-state index >= 15 is 0 Å². The zero-order chi connectivity index (χ0) is 13.0. The van der Waals surface area contributed by atoms with Crippen LogP contribution in [0.3, 0.4) is 0 Å². The molecule has 0 saturated carbocycles. The van der Waals surface area contributed by atoms with Crippen LogP contribution in [-0.2, 0) is 16.0 Å². The number of rotatable bonds is 5. The molecule has 1 aromatic carbocycles. The van der Waals surface area contributed by atoms with Crippen molar-refractivity contribution < 1.29 is 24.2 Å². The van der Waals surface area contributed by atoms with Crippen LogP contribution in [0.25, 0.3) is 0 Å². The third-order valence-electron chi connectivity index (χ3n) is 2.38. The normalized spacial score (nSPS) is 14.0. The third-order valence-corrected chi connectivity index (χ3v) is 2.38. The van der Waals surface area contributed by atoms with E-state index in [2.05, 4.69) is 0 Å². The predicted octanol–water partition coefficient (Wildman–Crippen LogP) is 0.481. The number of aliphatic carboxylic acids is 2. The molecule has 0 aliphatic rings. The topological polar surface area (TPSA) is 101 Å². The zero-order valence-electron chi connectivity index (χ0n) is 8.84. The average molecular weight is 241 g/mol. The highest BCUT2D eigenvalue weighted by molar-refractivity contribution is 5.82. The van der Waals surface area contributed by atoms with Gasteiger partial charge in [0.2, 0.25) is 0 Å². The van der Waals surface area contributed by atoms with Gasteiger partial charge >= 0.3 is 11.9 Å². The highest BCUT2D eigenvalue weighted by Crippen LogP contribution is 2.13. The summed E-state index contributed by atoms with van der Waals surface area (Å²) in [6.07, 6.45) is -0.124. The number of halogens is 1. The summed E-state index contributed by atoms with van der Waals surface area (Å²) in [5.74, 6) is -4.50. The Kier molecular flexibility index (Phi) is 4.17. The highest BCUT2D eigenvalue weighted by atomic mass is 19.1. The molecule has 17 heavy (non-hydrogen) atoms. The van der Waals surface area contributed by atoms with Crippen molar-refractivity contribution in [1.82, 2.24) is 0 Å². The third kappa shape index (κ3) is 3.53.